The number of rotatable bonds is 9. The highest BCUT2D eigenvalue weighted by atomic mass is 16.5. The van der Waals surface area contributed by atoms with E-state index >= 15 is 0 Å². The SMILES string of the molecule is CCCNC1COCC1CN(C)CCCN(C)C. The molecule has 0 aromatic rings. The second-order valence-electron chi connectivity index (χ2n) is 5.78. The van der Waals surface area contributed by atoms with E-state index in [1.807, 2.05) is 0 Å². The van der Waals surface area contributed by atoms with E-state index in [4.69, 9.17) is 4.74 Å². The number of nitrogens with one attached hydrogen (secondary N) is 1. The molecule has 2 unspecified atom stereocenters. The van der Waals surface area contributed by atoms with Crippen LogP contribution in [0.1, 0.15) is 19.8 Å². The Morgan fingerprint density at radius 2 is 1.94 bits per heavy atom. The van der Waals surface area contributed by atoms with Crippen LogP contribution in [0.5, 0.6) is 0 Å². The highest BCUT2D eigenvalue weighted by molar-refractivity contribution is 4.83. The maximum Gasteiger partial charge on any atom is 0.0623 e. The third kappa shape index (κ3) is 6.14. The van der Waals surface area contributed by atoms with Crippen molar-refractivity contribution in [1.29, 1.82) is 0 Å². The van der Waals surface area contributed by atoms with Crippen molar-refractivity contribution < 1.29 is 4.74 Å². The van der Waals surface area contributed by atoms with E-state index in [1.165, 1.54) is 25.9 Å². The summed E-state index contributed by atoms with van der Waals surface area (Å²) < 4.78 is 5.61. The van der Waals surface area contributed by atoms with Crippen LogP contribution >= 0.6 is 0 Å². The van der Waals surface area contributed by atoms with Crippen LogP contribution in [-0.4, -0.2) is 76.4 Å². The lowest BCUT2D eigenvalue weighted by Gasteiger charge is -2.25. The van der Waals surface area contributed by atoms with Crippen LogP contribution in [-0.2, 0) is 4.74 Å². The Bertz CT molecular complexity index is 211. The fraction of sp³-hybridized carbons (Fsp3) is 1.00. The highest BCUT2D eigenvalue weighted by Gasteiger charge is 2.28. The van der Waals surface area contributed by atoms with Gasteiger partial charge >= 0.3 is 0 Å². The van der Waals surface area contributed by atoms with Crippen LogP contribution in [0.2, 0.25) is 0 Å². The van der Waals surface area contributed by atoms with E-state index in [-0.39, 0.29) is 0 Å². The first kappa shape index (κ1) is 15.9. The van der Waals surface area contributed by atoms with E-state index in [9.17, 15) is 0 Å². The summed E-state index contributed by atoms with van der Waals surface area (Å²) in [5, 5.41) is 3.60. The molecule has 0 bridgehead atoms. The van der Waals surface area contributed by atoms with E-state index in [0.717, 1.165) is 26.3 Å². The molecule has 0 saturated carbocycles. The van der Waals surface area contributed by atoms with Crippen LogP contribution in [0.25, 0.3) is 0 Å². The van der Waals surface area contributed by atoms with Crippen LogP contribution in [0.15, 0.2) is 0 Å². The lowest BCUT2D eigenvalue weighted by atomic mass is 10.0. The lowest BCUT2D eigenvalue weighted by molar-refractivity contribution is 0.172. The van der Waals surface area contributed by atoms with Gasteiger partial charge in [0, 0.05) is 18.5 Å². The monoisotopic (exact) mass is 257 g/mol. The molecule has 18 heavy (non-hydrogen) atoms. The summed E-state index contributed by atoms with van der Waals surface area (Å²) in [5.74, 6) is 0.654. The molecule has 1 aliphatic heterocycles. The van der Waals surface area contributed by atoms with Crippen LogP contribution in [0.4, 0.5) is 0 Å². The largest absolute Gasteiger partial charge is 0.379 e. The topological polar surface area (TPSA) is 27.7 Å². The molecular formula is C14H31N3O. The van der Waals surface area contributed by atoms with Gasteiger partial charge in [-0.2, -0.15) is 0 Å². The minimum atomic E-state index is 0.557. The Labute approximate surface area is 113 Å². The molecule has 0 amide bonds. The molecule has 2 atom stereocenters. The predicted molar refractivity (Wildman–Crippen MR) is 77.1 cm³/mol. The van der Waals surface area contributed by atoms with Crippen molar-refractivity contribution in [1.82, 2.24) is 15.1 Å². The van der Waals surface area contributed by atoms with Crippen molar-refractivity contribution >= 4 is 0 Å². The molecule has 1 saturated heterocycles. The summed E-state index contributed by atoms with van der Waals surface area (Å²) in [4.78, 5) is 4.70. The third-order valence-corrected chi connectivity index (χ3v) is 3.55. The molecule has 0 radical (unpaired) electrons. The average Bonchev–Trinajstić information content (AvgIpc) is 2.73. The predicted octanol–water partition coefficient (Wildman–Crippen LogP) is 0.885. The summed E-state index contributed by atoms with van der Waals surface area (Å²) >= 11 is 0. The van der Waals surface area contributed by atoms with Gasteiger partial charge in [0.05, 0.1) is 13.2 Å². The zero-order chi connectivity index (χ0) is 13.4. The maximum atomic E-state index is 5.61. The van der Waals surface area contributed by atoms with Gasteiger partial charge in [-0.15, -0.1) is 0 Å². The number of nitrogens with zero attached hydrogens (tertiary/aromatic N) is 2. The molecule has 108 valence electrons. The first-order valence-corrected chi connectivity index (χ1v) is 7.28. The molecule has 0 spiro atoms. The highest BCUT2D eigenvalue weighted by Crippen LogP contribution is 2.15. The maximum absolute atomic E-state index is 5.61. The van der Waals surface area contributed by atoms with Crippen molar-refractivity contribution in [2.45, 2.75) is 25.8 Å². The molecule has 4 heteroatoms. The minimum Gasteiger partial charge on any atom is -0.379 e. The molecule has 0 aliphatic carbocycles. The lowest BCUT2D eigenvalue weighted by Crippen LogP contribution is -2.41. The second-order valence-corrected chi connectivity index (χ2v) is 5.78. The Kier molecular flexibility index (Phi) is 7.82. The molecule has 1 N–H and O–H groups in total. The van der Waals surface area contributed by atoms with Gasteiger partial charge in [0.15, 0.2) is 0 Å². The second kappa shape index (κ2) is 8.86. The van der Waals surface area contributed by atoms with E-state index in [0.29, 0.717) is 12.0 Å². The quantitative estimate of drug-likeness (QED) is 0.664. The van der Waals surface area contributed by atoms with Gasteiger partial charge < -0.3 is 19.9 Å². The molecule has 4 nitrogen and oxygen atoms in total. The zero-order valence-electron chi connectivity index (χ0n) is 12.6. The molecule has 1 aliphatic rings. The normalized spacial score (nSPS) is 24.3. The van der Waals surface area contributed by atoms with Gasteiger partial charge in [-0.05, 0) is 53.6 Å². The van der Waals surface area contributed by atoms with Crippen LogP contribution in [0.3, 0.4) is 0 Å². The van der Waals surface area contributed by atoms with Crippen molar-refractivity contribution in [3.05, 3.63) is 0 Å². The fourth-order valence-electron chi connectivity index (χ4n) is 2.48. The third-order valence-electron chi connectivity index (χ3n) is 3.55. The first-order chi connectivity index (χ1) is 8.63. The van der Waals surface area contributed by atoms with Crippen molar-refractivity contribution in [3.63, 3.8) is 0 Å². The van der Waals surface area contributed by atoms with Crippen LogP contribution in [0, 0.1) is 5.92 Å². The van der Waals surface area contributed by atoms with Gasteiger partial charge in [0.2, 0.25) is 0 Å². The smallest absolute Gasteiger partial charge is 0.0623 e. The molecule has 1 fully saturated rings. The molecule has 1 heterocycles. The Hall–Kier alpha value is -0.160. The van der Waals surface area contributed by atoms with Gasteiger partial charge in [-0.3, -0.25) is 0 Å². The summed E-state index contributed by atoms with van der Waals surface area (Å²) in [6.45, 7) is 8.61. The zero-order valence-corrected chi connectivity index (χ0v) is 12.6. The first-order valence-electron chi connectivity index (χ1n) is 7.28. The van der Waals surface area contributed by atoms with E-state index in [1.54, 1.807) is 0 Å². The summed E-state index contributed by atoms with van der Waals surface area (Å²) in [6.07, 6.45) is 2.44. The van der Waals surface area contributed by atoms with E-state index in [2.05, 4.69) is 43.2 Å². The Balaban J connectivity index is 2.18. The van der Waals surface area contributed by atoms with Crippen molar-refractivity contribution in [3.8, 4) is 0 Å². The Morgan fingerprint density at radius 1 is 1.17 bits per heavy atom. The summed E-state index contributed by atoms with van der Waals surface area (Å²) in [6, 6.07) is 0.557. The van der Waals surface area contributed by atoms with Crippen molar-refractivity contribution in [2.75, 3.05) is 60.5 Å². The number of hydrogen-bond acceptors (Lipinski definition) is 4. The van der Waals surface area contributed by atoms with Gasteiger partial charge in [-0.1, -0.05) is 6.92 Å². The van der Waals surface area contributed by atoms with Gasteiger partial charge in [0.25, 0.3) is 0 Å². The Morgan fingerprint density at radius 3 is 2.61 bits per heavy atom. The van der Waals surface area contributed by atoms with Gasteiger partial charge in [-0.25, -0.2) is 0 Å². The van der Waals surface area contributed by atoms with Crippen molar-refractivity contribution in [2.24, 2.45) is 5.92 Å². The minimum absolute atomic E-state index is 0.557. The van der Waals surface area contributed by atoms with Gasteiger partial charge in [0.1, 0.15) is 0 Å². The molecule has 1 rings (SSSR count). The summed E-state index contributed by atoms with van der Waals surface area (Å²) in [5.41, 5.74) is 0. The number of hydrogen-bond donors (Lipinski definition) is 1. The summed E-state index contributed by atoms with van der Waals surface area (Å²) in [7, 11) is 6.50. The molecule has 0 aromatic heterocycles. The standard InChI is InChI=1S/C14H31N3O/c1-5-7-15-14-12-18-11-13(14)10-17(4)9-6-8-16(2)3/h13-15H,5-12H2,1-4H3. The molecular weight excluding hydrogens is 226 g/mol. The van der Waals surface area contributed by atoms with Crippen LogP contribution < -0.4 is 5.32 Å². The molecule has 0 aromatic carbocycles. The fourth-order valence-corrected chi connectivity index (χ4v) is 2.48. The van der Waals surface area contributed by atoms with E-state index < -0.39 is 0 Å². The number of ether oxygens (including phenoxy) is 1. The average molecular weight is 257 g/mol.